The van der Waals surface area contributed by atoms with Gasteiger partial charge in [-0.1, -0.05) is 41.9 Å². The van der Waals surface area contributed by atoms with Crippen LogP contribution < -0.4 is 15.1 Å². The fourth-order valence-corrected chi connectivity index (χ4v) is 4.23. The zero-order valence-corrected chi connectivity index (χ0v) is 21.2. The minimum Gasteiger partial charge on any atom is -0.489 e. The summed E-state index contributed by atoms with van der Waals surface area (Å²) in [6.45, 7) is 11.9. The molecule has 2 aliphatic rings. The Balaban J connectivity index is 1.37. The number of benzene rings is 2. The van der Waals surface area contributed by atoms with Gasteiger partial charge in [-0.3, -0.25) is 0 Å². The van der Waals surface area contributed by atoms with Crippen LogP contribution in [-0.4, -0.2) is 62.1 Å². The van der Waals surface area contributed by atoms with Crippen LogP contribution in [0.5, 0.6) is 5.75 Å². The van der Waals surface area contributed by atoms with E-state index in [9.17, 15) is 4.79 Å². The first-order valence-corrected chi connectivity index (χ1v) is 12.1. The highest BCUT2D eigenvalue weighted by atomic mass is 16.6. The third-order valence-electron chi connectivity index (χ3n) is 6.11. The summed E-state index contributed by atoms with van der Waals surface area (Å²) < 4.78 is 11.5. The lowest BCUT2D eigenvalue weighted by atomic mass is 9.94. The quantitative estimate of drug-likeness (QED) is 0.612. The molecule has 0 spiro atoms. The molecule has 0 N–H and O–H groups in total. The van der Waals surface area contributed by atoms with E-state index in [2.05, 4.69) is 28.9 Å². The Morgan fingerprint density at radius 3 is 2.40 bits per heavy atom. The number of anilines is 1. The maximum atomic E-state index is 12.4. The molecule has 0 bridgehead atoms. The predicted molar refractivity (Wildman–Crippen MR) is 141 cm³/mol. The van der Waals surface area contributed by atoms with E-state index in [0.717, 1.165) is 36.6 Å². The lowest BCUT2D eigenvalue weighted by molar-refractivity contribution is 0.0171. The summed E-state index contributed by atoms with van der Waals surface area (Å²) in [5, 5.41) is 0. The van der Waals surface area contributed by atoms with Gasteiger partial charge in [0.2, 0.25) is 0 Å². The van der Waals surface area contributed by atoms with Gasteiger partial charge in [-0.2, -0.15) is 0 Å². The Morgan fingerprint density at radius 2 is 1.74 bits per heavy atom. The summed E-state index contributed by atoms with van der Waals surface area (Å²) in [5.41, 5.74) is 4.64. The van der Waals surface area contributed by atoms with E-state index in [1.165, 1.54) is 5.70 Å². The third kappa shape index (κ3) is 6.41. The highest BCUT2D eigenvalue weighted by Crippen LogP contribution is 2.28. The molecular weight excluding hydrogens is 437 g/mol. The van der Waals surface area contributed by atoms with Gasteiger partial charge in [0.05, 0.1) is 0 Å². The molecule has 2 heterocycles. The van der Waals surface area contributed by atoms with Gasteiger partial charge in [-0.15, -0.1) is 0 Å². The van der Waals surface area contributed by atoms with Crippen molar-refractivity contribution in [1.82, 2.24) is 9.80 Å². The van der Waals surface area contributed by atoms with E-state index >= 15 is 0 Å². The van der Waals surface area contributed by atoms with Crippen molar-refractivity contribution < 1.29 is 14.3 Å². The van der Waals surface area contributed by atoms with E-state index in [1.807, 2.05) is 69.3 Å². The number of rotatable bonds is 5. The average molecular weight is 471 g/mol. The summed E-state index contributed by atoms with van der Waals surface area (Å²) in [5.74, 6) is 0.687. The topological polar surface area (TPSA) is 45.2 Å². The van der Waals surface area contributed by atoms with Crippen molar-refractivity contribution >= 4 is 25.1 Å². The van der Waals surface area contributed by atoms with Crippen molar-refractivity contribution in [3.05, 3.63) is 77.6 Å². The summed E-state index contributed by atoms with van der Waals surface area (Å²) in [7, 11) is 6.19. The SMILES string of the molecule is [B]c1ccc(N2CC=C(N3CCN(C(=O)OC(C)(C)C)CC3)C=C2C)cc1OCc1ccccc1. The standard InChI is InChI=1S/C28H34BN3O3/c1-21-18-23(30-14-16-31(17-15-30)27(33)35-28(2,3)4)12-13-32(21)24-10-11-25(29)26(19-24)34-20-22-8-6-5-7-9-22/h5-12,18-19H,13-17,20H2,1-4H3. The smallest absolute Gasteiger partial charge is 0.410 e. The van der Waals surface area contributed by atoms with Gasteiger partial charge in [0.25, 0.3) is 0 Å². The molecule has 1 amide bonds. The van der Waals surface area contributed by atoms with Crippen LogP contribution in [0.1, 0.15) is 33.3 Å². The number of carbonyl (C=O) groups excluding carboxylic acids is 1. The molecule has 1 fully saturated rings. The number of allylic oxidation sites excluding steroid dienone is 2. The molecule has 7 heteroatoms. The van der Waals surface area contributed by atoms with Gasteiger partial charge in [-0.05, 0) is 51.5 Å². The Labute approximate surface area is 210 Å². The van der Waals surface area contributed by atoms with Crippen LogP contribution in [0, 0.1) is 0 Å². The Morgan fingerprint density at radius 1 is 1.03 bits per heavy atom. The molecule has 0 aromatic heterocycles. The van der Waals surface area contributed by atoms with Gasteiger partial charge in [0.1, 0.15) is 25.8 Å². The molecule has 2 aromatic rings. The largest absolute Gasteiger partial charge is 0.489 e. The summed E-state index contributed by atoms with van der Waals surface area (Å²) >= 11 is 0. The van der Waals surface area contributed by atoms with Crippen molar-refractivity contribution in [3.63, 3.8) is 0 Å². The molecule has 6 nitrogen and oxygen atoms in total. The molecule has 0 saturated carbocycles. The molecule has 182 valence electrons. The van der Waals surface area contributed by atoms with Crippen molar-refractivity contribution in [2.75, 3.05) is 37.6 Å². The molecule has 2 aliphatic heterocycles. The lowest BCUT2D eigenvalue weighted by Gasteiger charge is -2.39. The fourth-order valence-electron chi connectivity index (χ4n) is 4.23. The third-order valence-corrected chi connectivity index (χ3v) is 6.11. The van der Waals surface area contributed by atoms with Crippen molar-refractivity contribution in [2.24, 2.45) is 0 Å². The van der Waals surface area contributed by atoms with Gasteiger partial charge in [0.15, 0.2) is 0 Å². The maximum Gasteiger partial charge on any atom is 0.410 e. The number of nitrogens with zero attached hydrogens (tertiary/aromatic N) is 3. The van der Waals surface area contributed by atoms with Crippen molar-refractivity contribution in [1.29, 1.82) is 0 Å². The van der Waals surface area contributed by atoms with E-state index in [1.54, 1.807) is 4.90 Å². The van der Waals surface area contributed by atoms with Gasteiger partial charge in [0, 0.05) is 55.9 Å². The van der Waals surface area contributed by atoms with E-state index in [-0.39, 0.29) is 6.09 Å². The van der Waals surface area contributed by atoms with Crippen LogP contribution in [0.15, 0.2) is 72.1 Å². The van der Waals surface area contributed by atoms with Crippen molar-refractivity contribution in [2.45, 2.75) is 39.9 Å². The molecule has 1 saturated heterocycles. The second-order valence-corrected chi connectivity index (χ2v) is 9.98. The van der Waals surface area contributed by atoms with E-state index in [4.69, 9.17) is 17.3 Å². The molecule has 2 radical (unpaired) electrons. The zero-order chi connectivity index (χ0) is 25.0. The highest BCUT2D eigenvalue weighted by Gasteiger charge is 2.27. The first-order valence-electron chi connectivity index (χ1n) is 12.1. The molecule has 35 heavy (non-hydrogen) atoms. The van der Waals surface area contributed by atoms with E-state index < -0.39 is 5.60 Å². The zero-order valence-electron chi connectivity index (χ0n) is 21.2. The first kappa shape index (κ1) is 24.8. The van der Waals surface area contributed by atoms with Gasteiger partial charge >= 0.3 is 6.09 Å². The number of hydrogen-bond acceptors (Lipinski definition) is 5. The molecule has 2 aromatic carbocycles. The fraction of sp³-hybridized carbons (Fsp3) is 0.393. The number of piperazine rings is 1. The second kappa shape index (κ2) is 10.5. The number of ether oxygens (including phenoxy) is 2. The van der Waals surface area contributed by atoms with Crippen LogP contribution in [0.2, 0.25) is 0 Å². The first-order chi connectivity index (χ1) is 16.7. The molecule has 0 aliphatic carbocycles. The maximum absolute atomic E-state index is 12.4. The molecular formula is C28H34BN3O3. The van der Waals surface area contributed by atoms with Gasteiger partial charge in [-0.25, -0.2) is 4.79 Å². The second-order valence-electron chi connectivity index (χ2n) is 9.98. The van der Waals surface area contributed by atoms with E-state index in [0.29, 0.717) is 30.9 Å². The number of hydrogen-bond donors (Lipinski definition) is 0. The number of amides is 1. The predicted octanol–water partition coefficient (Wildman–Crippen LogP) is 4.22. The average Bonchev–Trinajstić information content (AvgIpc) is 2.83. The number of carbonyl (C=O) groups is 1. The minimum absolute atomic E-state index is 0.235. The Kier molecular flexibility index (Phi) is 7.44. The van der Waals surface area contributed by atoms with Crippen LogP contribution in [-0.2, 0) is 11.3 Å². The lowest BCUT2D eigenvalue weighted by Crippen LogP contribution is -2.49. The highest BCUT2D eigenvalue weighted by molar-refractivity contribution is 6.34. The van der Waals surface area contributed by atoms with Gasteiger partial charge < -0.3 is 24.2 Å². The molecule has 4 rings (SSSR count). The molecule has 0 atom stereocenters. The van der Waals surface area contributed by atoms with Crippen LogP contribution in [0.25, 0.3) is 0 Å². The Bertz CT molecular complexity index is 1100. The monoisotopic (exact) mass is 471 g/mol. The Hall–Kier alpha value is -3.35. The summed E-state index contributed by atoms with van der Waals surface area (Å²) in [4.78, 5) is 18.7. The summed E-state index contributed by atoms with van der Waals surface area (Å²) in [6.07, 6.45) is 4.20. The van der Waals surface area contributed by atoms with Crippen molar-refractivity contribution in [3.8, 4) is 5.75 Å². The molecule has 0 unspecified atom stereocenters. The van der Waals surface area contributed by atoms with Crippen LogP contribution >= 0.6 is 0 Å². The minimum atomic E-state index is -0.474. The van der Waals surface area contributed by atoms with Crippen LogP contribution in [0.3, 0.4) is 0 Å². The summed E-state index contributed by atoms with van der Waals surface area (Å²) in [6, 6.07) is 16.0. The normalized spacial score (nSPS) is 16.5. The van der Waals surface area contributed by atoms with Crippen LogP contribution in [0.4, 0.5) is 10.5 Å².